The van der Waals surface area contributed by atoms with Gasteiger partial charge in [-0.1, -0.05) is 42.0 Å². The van der Waals surface area contributed by atoms with Gasteiger partial charge >= 0.3 is 0 Å². The van der Waals surface area contributed by atoms with Crippen LogP contribution in [0.15, 0.2) is 60.7 Å². The number of benzene rings is 2. The summed E-state index contributed by atoms with van der Waals surface area (Å²) < 4.78 is 12.3. The molecule has 0 spiro atoms. The third kappa shape index (κ3) is 6.74. The molecule has 8 nitrogen and oxygen atoms in total. The number of rotatable bonds is 8. The highest BCUT2D eigenvalue weighted by Crippen LogP contribution is 2.34. The Labute approximate surface area is 205 Å². The predicted molar refractivity (Wildman–Crippen MR) is 145 cm³/mol. The highest BCUT2D eigenvalue weighted by atomic mass is 31.2. The summed E-state index contributed by atoms with van der Waals surface area (Å²) in [5, 5.41) is 14.4. The topological polar surface area (TPSA) is 108 Å². The van der Waals surface area contributed by atoms with Crippen LogP contribution in [-0.2, 0) is 4.57 Å². The van der Waals surface area contributed by atoms with Crippen molar-refractivity contribution in [3.05, 3.63) is 83.3 Å². The van der Waals surface area contributed by atoms with Crippen molar-refractivity contribution >= 4 is 54.1 Å². The first-order valence-corrected chi connectivity index (χ1v) is 13.8. The fraction of sp³-hybridized carbons (Fsp3) is 0.154. The number of anilines is 4. The third-order valence-electron chi connectivity index (χ3n) is 5.05. The summed E-state index contributed by atoms with van der Waals surface area (Å²) in [7, 11) is -2.32. The average Bonchev–Trinajstić information content (AvgIpc) is 3.24. The Morgan fingerprint density at radius 3 is 2.31 bits per heavy atom. The van der Waals surface area contributed by atoms with E-state index in [0.717, 1.165) is 22.2 Å². The Balaban J connectivity index is 1.63. The molecule has 0 unspecified atom stereocenters. The minimum absolute atomic E-state index is 0.355. The zero-order valence-corrected chi connectivity index (χ0v) is 21.0. The van der Waals surface area contributed by atoms with E-state index in [-0.39, 0.29) is 0 Å². The van der Waals surface area contributed by atoms with Crippen molar-refractivity contribution in [2.45, 2.75) is 13.8 Å². The molecule has 4 rings (SSSR count). The highest BCUT2D eigenvalue weighted by molar-refractivity contribution is 7.70. The number of allylic oxidation sites excluding steroid dienone is 1. The third-order valence-corrected chi connectivity index (χ3v) is 6.59. The van der Waals surface area contributed by atoms with E-state index in [9.17, 15) is 4.57 Å². The Kier molecular flexibility index (Phi) is 7.22. The van der Waals surface area contributed by atoms with Crippen molar-refractivity contribution in [3.8, 4) is 0 Å². The SMILES string of the molecule is C/C=C/c1cc(Nc2nc(/C=C/c3cccc(C)c3)nc(Nc3ccc(P(C)(C)=O)cc3)n2)n[nH]1. The molecule has 2 heterocycles. The summed E-state index contributed by atoms with van der Waals surface area (Å²) in [4.78, 5) is 13.6. The summed E-state index contributed by atoms with van der Waals surface area (Å²) in [5.41, 5.74) is 3.88. The number of aromatic nitrogens is 5. The number of aromatic amines is 1. The van der Waals surface area contributed by atoms with Crippen LogP contribution in [0.5, 0.6) is 0 Å². The molecule has 35 heavy (non-hydrogen) atoms. The van der Waals surface area contributed by atoms with Crippen molar-refractivity contribution in [2.75, 3.05) is 24.0 Å². The van der Waals surface area contributed by atoms with Crippen LogP contribution in [0.4, 0.5) is 23.4 Å². The number of H-pyrrole nitrogens is 1. The van der Waals surface area contributed by atoms with Crippen LogP contribution in [0.1, 0.15) is 29.6 Å². The van der Waals surface area contributed by atoms with Crippen LogP contribution < -0.4 is 15.9 Å². The second-order valence-electron chi connectivity index (χ2n) is 8.44. The van der Waals surface area contributed by atoms with Gasteiger partial charge in [-0.3, -0.25) is 5.10 Å². The van der Waals surface area contributed by atoms with Crippen LogP contribution in [0.3, 0.4) is 0 Å². The molecule has 0 saturated heterocycles. The van der Waals surface area contributed by atoms with Gasteiger partial charge in [-0.15, -0.1) is 0 Å². The second-order valence-corrected chi connectivity index (χ2v) is 11.7. The maximum atomic E-state index is 12.3. The lowest BCUT2D eigenvalue weighted by atomic mass is 10.1. The smallest absolute Gasteiger partial charge is 0.233 e. The van der Waals surface area contributed by atoms with Crippen LogP contribution in [0.25, 0.3) is 18.2 Å². The van der Waals surface area contributed by atoms with Gasteiger partial charge in [0.25, 0.3) is 0 Å². The van der Waals surface area contributed by atoms with Crippen LogP contribution >= 0.6 is 7.14 Å². The first kappa shape index (κ1) is 24.1. The van der Waals surface area contributed by atoms with Crippen molar-refractivity contribution in [1.29, 1.82) is 0 Å². The molecule has 2 aromatic carbocycles. The summed E-state index contributed by atoms with van der Waals surface area (Å²) in [6, 6.07) is 17.5. The molecule has 3 N–H and O–H groups in total. The van der Waals surface area contributed by atoms with Gasteiger partial charge in [0.15, 0.2) is 11.6 Å². The lowest BCUT2D eigenvalue weighted by molar-refractivity contribution is 0.588. The first-order valence-electron chi connectivity index (χ1n) is 11.2. The molecular formula is C26H28N7OP. The number of hydrogen-bond donors (Lipinski definition) is 3. The number of hydrogen-bond acceptors (Lipinski definition) is 7. The zero-order valence-electron chi connectivity index (χ0n) is 20.1. The van der Waals surface area contributed by atoms with E-state index in [1.165, 1.54) is 5.56 Å². The first-order chi connectivity index (χ1) is 16.8. The molecule has 4 aromatic rings. The molecule has 0 radical (unpaired) electrons. The van der Waals surface area contributed by atoms with Crippen LogP contribution in [0, 0.1) is 6.92 Å². The van der Waals surface area contributed by atoms with Crippen molar-refractivity contribution in [3.63, 3.8) is 0 Å². The van der Waals surface area contributed by atoms with Gasteiger partial charge < -0.3 is 15.2 Å². The van der Waals surface area contributed by atoms with Gasteiger partial charge in [0.1, 0.15) is 7.14 Å². The van der Waals surface area contributed by atoms with E-state index in [4.69, 9.17) is 0 Å². The summed E-state index contributed by atoms with van der Waals surface area (Å²) in [6.07, 6.45) is 7.65. The minimum Gasteiger partial charge on any atom is -0.324 e. The van der Waals surface area contributed by atoms with E-state index >= 15 is 0 Å². The van der Waals surface area contributed by atoms with Crippen LogP contribution in [-0.4, -0.2) is 38.5 Å². The Bertz CT molecular complexity index is 1420. The molecule has 0 saturated carbocycles. The maximum Gasteiger partial charge on any atom is 0.233 e. The zero-order chi connectivity index (χ0) is 24.8. The molecule has 0 fully saturated rings. The quantitative estimate of drug-likeness (QED) is 0.269. The van der Waals surface area contributed by atoms with E-state index in [2.05, 4.69) is 54.8 Å². The highest BCUT2D eigenvalue weighted by Gasteiger charge is 2.11. The number of nitrogens with one attached hydrogen (secondary N) is 3. The molecule has 9 heteroatoms. The average molecular weight is 486 g/mol. The number of aryl methyl sites for hydroxylation is 1. The Hall–Kier alpha value is -4.03. The molecule has 0 amide bonds. The van der Waals surface area contributed by atoms with E-state index in [1.807, 2.05) is 73.7 Å². The van der Waals surface area contributed by atoms with Crippen molar-refractivity contribution in [1.82, 2.24) is 25.1 Å². The normalized spacial score (nSPS) is 11.9. The fourth-order valence-corrected chi connectivity index (χ4v) is 4.20. The van der Waals surface area contributed by atoms with E-state index in [0.29, 0.717) is 23.5 Å². The molecule has 0 aliphatic rings. The summed E-state index contributed by atoms with van der Waals surface area (Å²) in [6.45, 7) is 7.50. The van der Waals surface area contributed by atoms with Gasteiger partial charge in [0.05, 0.1) is 5.69 Å². The molecular weight excluding hydrogens is 457 g/mol. The lowest BCUT2D eigenvalue weighted by Gasteiger charge is -2.10. The van der Waals surface area contributed by atoms with Crippen molar-refractivity contribution < 1.29 is 4.57 Å². The standard InChI is InChI=1S/C26H28N7OP/c1-5-7-21-17-24(33-32-21)30-26-29-23(15-10-19-9-6-8-18(2)16-19)28-25(31-26)27-20-11-13-22(14-12-20)35(3,4)34/h5-17H,1-4H3,(H3,27,28,29,30,31,32,33)/b7-5+,15-10+. The molecule has 0 atom stereocenters. The van der Waals surface area contributed by atoms with E-state index < -0.39 is 7.14 Å². The molecule has 0 bridgehead atoms. The summed E-state index contributed by atoms with van der Waals surface area (Å²) in [5.74, 6) is 1.81. The van der Waals surface area contributed by atoms with Crippen molar-refractivity contribution in [2.24, 2.45) is 0 Å². The summed E-state index contributed by atoms with van der Waals surface area (Å²) >= 11 is 0. The molecule has 0 aliphatic carbocycles. The molecule has 178 valence electrons. The van der Waals surface area contributed by atoms with E-state index in [1.54, 1.807) is 13.3 Å². The Morgan fingerprint density at radius 2 is 1.63 bits per heavy atom. The largest absolute Gasteiger partial charge is 0.324 e. The maximum absolute atomic E-state index is 12.3. The fourth-order valence-electron chi connectivity index (χ4n) is 3.34. The number of nitrogens with zero attached hydrogens (tertiary/aromatic N) is 4. The second kappa shape index (κ2) is 10.5. The van der Waals surface area contributed by atoms with Gasteiger partial charge in [0, 0.05) is 17.1 Å². The Morgan fingerprint density at radius 1 is 0.886 bits per heavy atom. The minimum atomic E-state index is -2.32. The monoisotopic (exact) mass is 485 g/mol. The lowest BCUT2D eigenvalue weighted by Crippen LogP contribution is -2.07. The van der Waals surface area contributed by atoms with Gasteiger partial charge in [0.2, 0.25) is 11.9 Å². The predicted octanol–water partition coefficient (Wildman–Crippen LogP) is 5.84. The van der Waals surface area contributed by atoms with Crippen LogP contribution in [0.2, 0.25) is 0 Å². The van der Waals surface area contributed by atoms with Gasteiger partial charge in [-0.25, -0.2) is 0 Å². The van der Waals surface area contributed by atoms with Gasteiger partial charge in [-0.05, 0) is 69.2 Å². The molecule has 2 aromatic heterocycles. The van der Waals surface area contributed by atoms with Gasteiger partial charge in [-0.2, -0.15) is 20.1 Å². The molecule has 0 aliphatic heterocycles.